The predicted octanol–water partition coefficient (Wildman–Crippen LogP) is 4.47. The Morgan fingerprint density at radius 2 is 1.70 bits per heavy atom. The van der Waals surface area contributed by atoms with Crippen molar-refractivity contribution in [3.8, 4) is 0 Å². The normalized spacial score (nSPS) is 10.1. The molecule has 0 radical (unpaired) electrons. The SMILES string of the molecule is CN(c1ccccc1)c1ncnc2c(Cl)cccc12.Cl. The van der Waals surface area contributed by atoms with Gasteiger partial charge in [0, 0.05) is 18.1 Å². The first kappa shape index (κ1) is 14.6. The minimum Gasteiger partial charge on any atom is -0.329 e. The molecule has 0 fully saturated rings. The van der Waals surface area contributed by atoms with Crippen molar-refractivity contribution in [1.82, 2.24) is 9.97 Å². The first-order valence-electron chi connectivity index (χ1n) is 5.95. The Bertz CT molecular complexity index is 717. The summed E-state index contributed by atoms with van der Waals surface area (Å²) < 4.78 is 0. The lowest BCUT2D eigenvalue weighted by Crippen LogP contribution is -2.11. The second-order valence-corrected chi connectivity index (χ2v) is 4.64. The summed E-state index contributed by atoms with van der Waals surface area (Å²) in [7, 11) is 1.98. The van der Waals surface area contributed by atoms with Crippen molar-refractivity contribution in [2.75, 3.05) is 11.9 Å². The summed E-state index contributed by atoms with van der Waals surface area (Å²) in [6, 6.07) is 15.8. The number of aromatic nitrogens is 2. The molecule has 3 rings (SSSR count). The maximum absolute atomic E-state index is 6.17. The maximum atomic E-state index is 6.17. The van der Waals surface area contributed by atoms with Crippen LogP contribution in [0.1, 0.15) is 0 Å². The molecule has 0 saturated carbocycles. The van der Waals surface area contributed by atoms with E-state index >= 15 is 0 Å². The average molecular weight is 306 g/mol. The van der Waals surface area contributed by atoms with Gasteiger partial charge in [0.25, 0.3) is 0 Å². The van der Waals surface area contributed by atoms with E-state index in [4.69, 9.17) is 11.6 Å². The van der Waals surface area contributed by atoms with E-state index in [1.54, 1.807) is 6.33 Å². The molecule has 1 heterocycles. The first-order chi connectivity index (χ1) is 9.27. The molecule has 0 N–H and O–H groups in total. The molecule has 0 aliphatic carbocycles. The summed E-state index contributed by atoms with van der Waals surface area (Å²) in [5.74, 6) is 0.846. The molecule has 0 spiro atoms. The third-order valence-corrected chi connectivity index (χ3v) is 3.36. The van der Waals surface area contributed by atoms with Crippen molar-refractivity contribution in [1.29, 1.82) is 0 Å². The minimum absolute atomic E-state index is 0. The largest absolute Gasteiger partial charge is 0.329 e. The molecule has 20 heavy (non-hydrogen) atoms. The minimum atomic E-state index is 0. The highest BCUT2D eigenvalue weighted by molar-refractivity contribution is 6.35. The van der Waals surface area contributed by atoms with Crippen LogP contribution in [0.25, 0.3) is 10.9 Å². The zero-order chi connectivity index (χ0) is 13.2. The number of benzene rings is 2. The van der Waals surface area contributed by atoms with Crippen LogP contribution in [0, 0.1) is 0 Å². The lowest BCUT2D eigenvalue weighted by molar-refractivity contribution is 1.11. The van der Waals surface area contributed by atoms with Gasteiger partial charge in [-0.2, -0.15) is 0 Å². The van der Waals surface area contributed by atoms with Gasteiger partial charge in [-0.3, -0.25) is 0 Å². The van der Waals surface area contributed by atoms with E-state index in [0.29, 0.717) is 5.02 Å². The molecular formula is C15H13Cl2N3. The number of nitrogens with zero attached hydrogens (tertiary/aromatic N) is 3. The van der Waals surface area contributed by atoms with Gasteiger partial charge in [-0.15, -0.1) is 12.4 Å². The van der Waals surface area contributed by atoms with Crippen molar-refractivity contribution in [2.24, 2.45) is 0 Å². The molecule has 0 unspecified atom stereocenters. The summed E-state index contributed by atoms with van der Waals surface area (Å²) in [6.45, 7) is 0. The Kier molecular flexibility index (Phi) is 4.42. The lowest BCUT2D eigenvalue weighted by atomic mass is 10.2. The second-order valence-electron chi connectivity index (χ2n) is 4.23. The summed E-state index contributed by atoms with van der Waals surface area (Å²) in [4.78, 5) is 10.7. The van der Waals surface area contributed by atoms with E-state index < -0.39 is 0 Å². The van der Waals surface area contributed by atoms with Crippen LogP contribution in [0.15, 0.2) is 54.9 Å². The summed E-state index contributed by atoms with van der Waals surface area (Å²) in [5, 5.41) is 1.59. The van der Waals surface area contributed by atoms with Crippen LogP contribution in [0.5, 0.6) is 0 Å². The molecule has 3 aromatic rings. The monoisotopic (exact) mass is 305 g/mol. The Morgan fingerprint density at radius 3 is 2.45 bits per heavy atom. The maximum Gasteiger partial charge on any atom is 0.144 e. The van der Waals surface area contributed by atoms with Crippen LogP contribution in [-0.2, 0) is 0 Å². The zero-order valence-electron chi connectivity index (χ0n) is 10.8. The lowest BCUT2D eigenvalue weighted by Gasteiger charge is -2.19. The molecule has 2 aromatic carbocycles. The van der Waals surface area contributed by atoms with Crippen molar-refractivity contribution < 1.29 is 0 Å². The molecular weight excluding hydrogens is 293 g/mol. The third kappa shape index (κ3) is 2.55. The van der Waals surface area contributed by atoms with Crippen LogP contribution in [0.2, 0.25) is 5.02 Å². The van der Waals surface area contributed by atoms with E-state index in [2.05, 4.69) is 9.97 Å². The number of hydrogen-bond donors (Lipinski definition) is 0. The Morgan fingerprint density at radius 1 is 0.950 bits per heavy atom. The van der Waals surface area contributed by atoms with Crippen LogP contribution in [0.3, 0.4) is 0 Å². The second kappa shape index (κ2) is 6.07. The van der Waals surface area contributed by atoms with Crippen LogP contribution in [0.4, 0.5) is 11.5 Å². The van der Waals surface area contributed by atoms with Gasteiger partial charge < -0.3 is 4.90 Å². The number of para-hydroxylation sites is 2. The number of fused-ring (bicyclic) bond motifs is 1. The molecule has 5 heteroatoms. The summed E-state index contributed by atoms with van der Waals surface area (Å²) in [6.07, 6.45) is 1.54. The van der Waals surface area contributed by atoms with Crippen molar-refractivity contribution >= 4 is 46.4 Å². The molecule has 1 aromatic heterocycles. The van der Waals surface area contributed by atoms with E-state index in [-0.39, 0.29) is 12.4 Å². The van der Waals surface area contributed by atoms with E-state index in [1.807, 2.05) is 60.5 Å². The van der Waals surface area contributed by atoms with Gasteiger partial charge in [0.2, 0.25) is 0 Å². The Balaban J connectivity index is 0.00000147. The number of rotatable bonds is 2. The topological polar surface area (TPSA) is 29.0 Å². The fourth-order valence-electron chi connectivity index (χ4n) is 2.08. The highest BCUT2D eigenvalue weighted by Crippen LogP contribution is 2.30. The van der Waals surface area contributed by atoms with Gasteiger partial charge in [-0.25, -0.2) is 9.97 Å². The van der Waals surface area contributed by atoms with Crippen LogP contribution in [-0.4, -0.2) is 17.0 Å². The van der Waals surface area contributed by atoms with E-state index in [0.717, 1.165) is 22.4 Å². The van der Waals surface area contributed by atoms with E-state index in [1.165, 1.54) is 0 Å². The Hall–Kier alpha value is -1.84. The quantitative estimate of drug-likeness (QED) is 0.699. The molecule has 3 nitrogen and oxygen atoms in total. The predicted molar refractivity (Wildman–Crippen MR) is 86.3 cm³/mol. The summed E-state index contributed by atoms with van der Waals surface area (Å²) >= 11 is 6.17. The number of anilines is 2. The standard InChI is InChI=1S/C15H12ClN3.ClH/c1-19(11-6-3-2-4-7-11)15-12-8-5-9-13(16)14(12)17-10-18-15;/h2-10H,1H3;1H. The molecule has 0 bridgehead atoms. The molecule has 0 amide bonds. The van der Waals surface area contributed by atoms with Crippen molar-refractivity contribution in [3.05, 3.63) is 59.9 Å². The molecule has 0 aliphatic heterocycles. The van der Waals surface area contributed by atoms with Gasteiger partial charge in [0.1, 0.15) is 12.1 Å². The van der Waals surface area contributed by atoms with Crippen molar-refractivity contribution in [3.63, 3.8) is 0 Å². The van der Waals surface area contributed by atoms with Crippen LogP contribution >= 0.6 is 24.0 Å². The zero-order valence-corrected chi connectivity index (χ0v) is 12.4. The highest BCUT2D eigenvalue weighted by Gasteiger charge is 2.11. The highest BCUT2D eigenvalue weighted by atomic mass is 35.5. The average Bonchev–Trinajstić information content (AvgIpc) is 2.47. The molecule has 0 aliphatic rings. The van der Waals surface area contributed by atoms with Gasteiger partial charge in [0.05, 0.1) is 10.5 Å². The van der Waals surface area contributed by atoms with E-state index in [9.17, 15) is 0 Å². The smallest absolute Gasteiger partial charge is 0.144 e. The van der Waals surface area contributed by atoms with Gasteiger partial charge in [0.15, 0.2) is 0 Å². The first-order valence-corrected chi connectivity index (χ1v) is 6.33. The summed E-state index contributed by atoms with van der Waals surface area (Å²) in [5.41, 5.74) is 1.85. The number of hydrogen-bond acceptors (Lipinski definition) is 3. The molecule has 0 atom stereocenters. The molecule has 0 saturated heterocycles. The fraction of sp³-hybridized carbons (Fsp3) is 0.0667. The van der Waals surface area contributed by atoms with Crippen molar-refractivity contribution in [2.45, 2.75) is 0 Å². The fourth-order valence-corrected chi connectivity index (χ4v) is 2.30. The Labute approximate surface area is 128 Å². The van der Waals surface area contributed by atoms with Gasteiger partial charge in [-0.1, -0.05) is 35.9 Å². The van der Waals surface area contributed by atoms with Gasteiger partial charge >= 0.3 is 0 Å². The molecule has 102 valence electrons. The number of halogens is 2. The third-order valence-electron chi connectivity index (χ3n) is 3.06. The van der Waals surface area contributed by atoms with Gasteiger partial charge in [-0.05, 0) is 24.3 Å². The van der Waals surface area contributed by atoms with Crippen LogP contribution < -0.4 is 4.90 Å².